The predicted molar refractivity (Wildman–Crippen MR) is 64.5 cm³/mol. The molecular formula is C14H19NO. The molecule has 1 aliphatic carbocycles. The molecule has 0 atom stereocenters. The van der Waals surface area contributed by atoms with E-state index in [1.165, 1.54) is 43.2 Å². The van der Waals surface area contributed by atoms with Crippen LogP contribution in [0.3, 0.4) is 0 Å². The smallest absolute Gasteiger partial charge is 0.124 e. The summed E-state index contributed by atoms with van der Waals surface area (Å²) in [5.74, 6) is 1.12. The molecule has 16 heavy (non-hydrogen) atoms. The van der Waals surface area contributed by atoms with E-state index >= 15 is 0 Å². The average Bonchev–Trinajstić information content (AvgIpc) is 2.80. The molecule has 1 aromatic rings. The van der Waals surface area contributed by atoms with Crippen molar-refractivity contribution in [1.82, 2.24) is 5.32 Å². The maximum atomic E-state index is 6.16. The van der Waals surface area contributed by atoms with Gasteiger partial charge in [-0.05, 0) is 37.3 Å². The summed E-state index contributed by atoms with van der Waals surface area (Å²) in [6.07, 6.45) is 6.97. The number of hydrogen-bond acceptors (Lipinski definition) is 2. The Hall–Kier alpha value is -1.02. The lowest BCUT2D eigenvalue weighted by Crippen LogP contribution is -2.20. The summed E-state index contributed by atoms with van der Waals surface area (Å²) in [6.45, 7) is 1.97. The highest BCUT2D eigenvalue weighted by atomic mass is 16.5. The number of rotatable bonds is 2. The fourth-order valence-electron chi connectivity index (χ4n) is 2.77. The minimum Gasteiger partial charge on any atom is -0.490 e. The van der Waals surface area contributed by atoms with E-state index in [1.807, 2.05) is 0 Å². The van der Waals surface area contributed by atoms with Crippen LogP contribution in [0.5, 0.6) is 5.75 Å². The summed E-state index contributed by atoms with van der Waals surface area (Å²) in [6, 6.07) is 6.44. The molecule has 0 unspecified atom stereocenters. The van der Waals surface area contributed by atoms with Gasteiger partial charge in [-0.2, -0.15) is 0 Å². The Labute approximate surface area is 97.0 Å². The minimum atomic E-state index is 0.459. The summed E-state index contributed by atoms with van der Waals surface area (Å²) >= 11 is 0. The standard InChI is InChI=1S/C14H19NO/c1-2-6-12(7-3-1)16-14-8-4-5-11-9-15-10-13(11)14/h4-5,8,12,15H,1-3,6-7,9-10H2. The number of ether oxygens (including phenoxy) is 1. The number of fused-ring (bicyclic) bond motifs is 1. The molecule has 1 saturated carbocycles. The zero-order valence-electron chi connectivity index (χ0n) is 9.67. The van der Waals surface area contributed by atoms with Crippen LogP contribution in [-0.4, -0.2) is 6.10 Å². The van der Waals surface area contributed by atoms with Gasteiger partial charge in [-0.25, -0.2) is 0 Å². The van der Waals surface area contributed by atoms with Gasteiger partial charge in [0.2, 0.25) is 0 Å². The molecule has 0 spiro atoms. The van der Waals surface area contributed by atoms with E-state index in [1.54, 1.807) is 0 Å². The molecular weight excluding hydrogens is 198 g/mol. The van der Waals surface area contributed by atoms with Crippen LogP contribution in [0.25, 0.3) is 0 Å². The van der Waals surface area contributed by atoms with Crippen LogP contribution in [0.15, 0.2) is 18.2 Å². The van der Waals surface area contributed by atoms with Crippen LogP contribution in [-0.2, 0) is 13.1 Å². The Balaban J connectivity index is 1.76. The molecule has 86 valence electrons. The van der Waals surface area contributed by atoms with Gasteiger partial charge < -0.3 is 10.1 Å². The molecule has 1 N–H and O–H groups in total. The molecule has 1 aliphatic heterocycles. The topological polar surface area (TPSA) is 21.3 Å². The minimum absolute atomic E-state index is 0.459. The van der Waals surface area contributed by atoms with E-state index < -0.39 is 0 Å². The van der Waals surface area contributed by atoms with Gasteiger partial charge in [0.1, 0.15) is 5.75 Å². The normalized spacial score (nSPS) is 20.8. The van der Waals surface area contributed by atoms with Crippen molar-refractivity contribution < 1.29 is 4.74 Å². The molecule has 3 rings (SSSR count). The molecule has 0 radical (unpaired) electrons. The third-order valence-electron chi connectivity index (χ3n) is 3.69. The zero-order valence-corrected chi connectivity index (χ0v) is 9.67. The second-order valence-electron chi connectivity index (χ2n) is 4.88. The van der Waals surface area contributed by atoms with Crippen LogP contribution in [0.2, 0.25) is 0 Å². The molecule has 2 aliphatic rings. The van der Waals surface area contributed by atoms with Crippen molar-refractivity contribution in [2.75, 3.05) is 0 Å². The van der Waals surface area contributed by atoms with Crippen molar-refractivity contribution in [2.45, 2.75) is 51.3 Å². The van der Waals surface area contributed by atoms with Gasteiger partial charge >= 0.3 is 0 Å². The van der Waals surface area contributed by atoms with Crippen LogP contribution < -0.4 is 10.1 Å². The summed E-state index contributed by atoms with van der Waals surface area (Å²) in [5, 5.41) is 3.39. The van der Waals surface area contributed by atoms with Gasteiger partial charge in [-0.3, -0.25) is 0 Å². The first-order valence-electron chi connectivity index (χ1n) is 6.41. The first-order valence-corrected chi connectivity index (χ1v) is 6.41. The van der Waals surface area contributed by atoms with Gasteiger partial charge in [-0.15, -0.1) is 0 Å². The van der Waals surface area contributed by atoms with Crippen molar-refractivity contribution in [2.24, 2.45) is 0 Å². The monoisotopic (exact) mass is 217 g/mol. The molecule has 0 bridgehead atoms. The second kappa shape index (κ2) is 4.46. The second-order valence-corrected chi connectivity index (χ2v) is 4.88. The lowest BCUT2D eigenvalue weighted by Gasteiger charge is -2.24. The summed E-state index contributed by atoms with van der Waals surface area (Å²) in [5.41, 5.74) is 2.79. The number of benzene rings is 1. The lowest BCUT2D eigenvalue weighted by atomic mass is 9.97. The quantitative estimate of drug-likeness (QED) is 0.822. The molecule has 2 heteroatoms. The molecule has 1 fully saturated rings. The van der Waals surface area contributed by atoms with E-state index in [0.29, 0.717) is 6.10 Å². The van der Waals surface area contributed by atoms with Crippen LogP contribution in [0.4, 0.5) is 0 Å². The third-order valence-corrected chi connectivity index (χ3v) is 3.69. The molecule has 1 aromatic carbocycles. The Morgan fingerprint density at radius 1 is 1.06 bits per heavy atom. The fraction of sp³-hybridized carbons (Fsp3) is 0.571. The Kier molecular flexibility index (Phi) is 2.83. The van der Waals surface area contributed by atoms with Gasteiger partial charge in [0.25, 0.3) is 0 Å². The maximum Gasteiger partial charge on any atom is 0.124 e. The fourth-order valence-corrected chi connectivity index (χ4v) is 2.77. The Morgan fingerprint density at radius 3 is 2.81 bits per heavy atom. The molecule has 1 heterocycles. The van der Waals surface area contributed by atoms with Crippen molar-refractivity contribution in [3.63, 3.8) is 0 Å². The van der Waals surface area contributed by atoms with E-state index in [-0.39, 0.29) is 0 Å². The first kappa shape index (κ1) is 10.2. The SMILES string of the molecule is c1cc2c(c(OC3CCCCC3)c1)CNC2. The highest BCUT2D eigenvalue weighted by Gasteiger charge is 2.19. The van der Waals surface area contributed by atoms with Gasteiger partial charge in [0, 0.05) is 18.7 Å². The van der Waals surface area contributed by atoms with Gasteiger partial charge in [0.15, 0.2) is 0 Å². The van der Waals surface area contributed by atoms with Crippen molar-refractivity contribution in [1.29, 1.82) is 0 Å². The largest absolute Gasteiger partial charge is 0.490 e. The van der Waals surface area contributed by atoms with Crippen molar-refractivity contribution in [3.05, 3.63) is 29.3 Å². The van der Waals surface area contributed by atoms with Crippen LogP contribution in [0.1, 0.15) is 43.2 Å². The summed E-state index contributed by atoms with van der Waals surface area (Å²) < 4.78 is 6.16. The summed E-state index contributed by atoms with van der Waals surface area (Å²) in [4.78, 5) is 0. The van der Waals surface area contributed by atoms with E-state index in [4.69, 9.17) is 4.74 Å². The number of nitrogens with one attached hydrogen (secondary N) is 1. The predicted octanol–water partition coefficient (Wildman–Crippen LogP) is 3.00. The summed E-state index contributed by atoms with van der Waals surface area (Å²) in [7, 11) is 0. The molecule has 0 amide bonds. The zero-order chi connectivity index (χ0) is 10.8. The van der Waals surface area contributed by atoms with E-state index in [2.05, 4.69) is 23.5 Å². The van der Waals surface area contributed by atoms with Crippen molar-refractivity contribution >= 4 is 0 Å². The van der Waals surface area contributed by atoms with Gasteiger partial charge in [-0.1, -0.05) is 18.6 Å². The molecule has 0 saturated heterocycles. The average molecular weight is 217 g/mol. The van der Waals surface area contributed by atoms with Gasteiger partial charge in [0.05, 0.1) is 6.10 Å². The number of hydrogen-bond donors (Lipinski definition) is 1. The lowest BCUT2D eigenvalue weighted by molar-refractivity contribution is 0.153. The Morgan fingerprint density at radius 2 is 1.94 bits per heavy atom. The highest BCUT2D eigenvalue weighted by Crippen LogP contribution is 2.29. The molecule has 2 nitrogen and oxygen atoms in total. The Bertz CT molecular complexity index is 369. The maximum absolute atomic E-state index is 6.16. The molecule has 0 aromatic heterocycles. The highest BCUT2D eigenvalue weighted by molar-refractivity contribution is 5.42. The van der Waals surface area contributed by atoms with E-state index in [0.717, 1.165) is 18.8 Å². The van der Waals surface area contributed by atoms with E-state index in [9.17, 15) is 0 Å². The van der Waals surface area contributed by atoms with Crippen LogP contribution in [0, 0.1) is 0 Å². The third kappa shape index (κ3) is 1.94. The first-order chi connectivity index (χ1) is 7.93. The van der Waals surface area contributed by atoms with Crippen LogP contribution >= 0.6 is 0 Å². The van der Waals surface area contributed by atoms with Crippen molar-refractivity contribution in [3.8, 4) is 5.75 Å².